The van der Waals surface area contributed by atoms with Crippen LogP contribution in [0.2, 0.25) is 0 Å². The summed E-state index contributed by atoms with van der Waals surface area (Å²) in [7, 11) is 0. The standard InChI is InChI=1S/C20H27NO3/c1-14(2)12-24-13-16-9-7-15(8-10-16)11-21-19(22)17-5-3-4-6-18(17)20(21)23/h3-6,14-16H,7-13H2,1-2H3. The third-order valence-corrected chi connectivity index (χ3v) is 5.09. The van der Waals surface area contributed by atoms with E-state index in [1.807, 2.05) is 12.1 Å². The fourth-order valence-corrected chi connectivity index (χ4v) is 3.71. The third kappa shape index (κ3) is 3.69. The van der Waals surface area contributed by atoms with Gasteiger partial charge in [-0.25, -0.2) is 0 Å². The van der Waals surface area contributed by atoms with E-state index in [0.29, 0.717) is 35.4 Å². The molecule has 130 valence electrons. The van der Waals surface area contributed by atoms with Gasteiger partial charge in [0.15, 0.2) is 0 Å². The van der Waals surface area contributed by atoms with Gasteiger partial charge < -0.3 is 4.74 Å². The highest BCUT2D eigenvalue weighted by molar-refractivity contribution is 6.21. The smallest absolute Gasteiger partial charge is 0.261 e. The summed E-state index contributed by atoms with van der Waals surface area (Å²) in [4.78, 5) is 26.3. The van der Waals surface area contributed by atoms with Crippen LogP contribution in [0.15, 0.2) is 24.3 Å². The normalized spacial score (nSPS) is 23.9. The first-order chi connectivity index (χ1) is 11.6. The predicted molar refractivity (Wildman–Crippen MR) is 92.9 cm³/mol. The number of fused-ring (bicyclic) bond motifs is 1. The van der Waals surface area contributed by atoms with Gasteiger partial charge in [0, 0.05) is 19.8 Å². The minimum Gasteiger partial charge on any atom is -0.381 e. The van der Waals surface area contributed by atoms with E-state index >= 15 is 0 Å². The second-order valence-corrected chi connectivity index (χ2v) is 7.58. The zero-order valence-corrected chi connectivity index (χ0v) is 14.7. The maximum absolute atomic E-state index is 12.4. The molecule has 3 rings (SSSR count). The van der Waals surface area contributed by atoms with Crippen LogP contribution in [0.1, 0.15) is 60.2 Å². The van der Waals surface area contributed by atoms with Crippen molar-refractivity contribution in [3.05, 3.63) is 35.4 Å². The van der Waals surface area contributed by atoms with E-state index in [9.17, 15) is 9.59 Å². The number of benzene rings is 1. The van der Waals surface area contributed by atoms with Crippen LogP contribution < -0.4 is 0 Å². The van der Waals surface area contributed by atoms with Crippen LogP contribution >= 0.6 is 0 Å². The van der Waals surface area contributed by atoms with Crippen molar-refractivity contribution in [3.63, 3.8) is 0 Å². The van der Waals surface area contributed by atoms with Crippen molar-refractivity contribution in [2.75, 3.05) is 19.8 Å². The highest BCUT2D eigenvalue weighted by Crippen LogP contribution is 2.32. The molecule has 0 bridgehead atoms. The van der Waals surface area contributed by atoms with Crippen molar-refractivity contribution in [3.8, 4) is 0 Å². The van der Waals surface area contributed by atoms with Crippen molar-refractivity contribution in [1.82, 2.24) is 4.90 Å². The van der Waals surface area contributed by atoms with Gasteiger partial charge in [-0.1, -0.05) is 26.0 Å². The quantitative estimate of drug-likeness (QED) is 0.747. The van der Waals surface area contributed by atoms with E-state index in [0.717, 1.165) is 38.9 Å². The second-order valence-electron chi connectivity index (χ2n) is 7.58. The molecule has 0 aromatic heterocycles. The molecule has 1 saturated carbocycles. The zero-order chi connectivity index (χ0) is 17.1. The van der Waals surface area contributed by atoms with Gasteiger partial charge >= 0.3 is 0 Å². The first-order valence-corrected chi connectivity index (χ1v) is 9.09. The Morgan fingerprint density at radius 1 is 1.00 bits per heavy atom. The molecule has 0 N–H and O–H groups in total. The highest BCUT2D eigenvalue weighted by Gasteiger charge is 2.36. The number of carbonyl (C=O) groups excluding carboxylic acids is 2. The molecule has 0 radical (unpaired) electrons. The Bertz CT molecular complexity index is 568. The van der Waals surface area contributed by atoms with Crippen LogP contribution in [0.5, 0.6) is 0 Å². The van der Waals surface area contributed by atoms with Gasteiger partial charge in [-0.2, -0.15) is 0 Å². The number of amides is 2. The lowest BCUT2D eigenvalue weighted by molar-refractivity contribution is 0.0513. The zero-order valence-electron chi connectivity index (χ0n) is 14.7. The van der Waals surface area contributed by atoms with E-state index in [2.05, 4.69) is 13.8 Å². The molecule has 1 aromatic carbocycles. The average molecular weight is 329 g/mol. The van der Waals surface area contributed by atoms with Crippen molar-refractivity contribution in [1.29, 1.82) is 0 Å². The number of rotatable bonds is 6. The predicted octanol–water partition coefficient (Wildman–Crippen LogP) is 3.76. The molecule has 0 saturated heterocycles. The van der Waals surface area contributed by atoms with Crippen LogP contribution in [0.25, 0.3) is 0 Å². The summed E-state index contributed by atoms with van der Waals surface area (Å²) in [5.74, 6) is 1.38. The molecule has 4 heteroatoms. The Balaban J connectivity index is 1.49. The van der Waals surface area contributed by atoms with Crippen LogP contribution in [0, 0.1) is 17.8 Å². The van der Waals surface area contributed by atoms with Gasteiger partial charge in [0.1, 0.15) is 0 Å². The van der Waals surface area contributed by atoms with E-state index < -0.39 is 0 Å². The molecule has 4 nitrogen and oxygen atoms in total. The van der Waals surface area contributed by atoms with Gasteiger partial charge in [0.25, 0.3) is 11.8 Å². The maximum atomic E-state index is 12.4. The molecule has 2 aliphatic rings. The SMILES string of the molecule is CC(C)COCC1CCC(CN2C(=O)c3ccccc3C2=O)CC1. The molecule has 2 amide bonds. The van der Waals surface area contributed by atoms with Gasteiger partial charge in [-0.05, 0) is 55.6 Å². The fraction of sp³-hybridized carbons (Fsp3) is 0.600. The van der Waals surface area contributed by atoms with Crippen LogP contribution in [0.4, 0.5) is 0 Å². The monoisotopic (exact) mass is 329 g/mol. The topological polar surface area (TPSA) is 46.6 Å². The summed E-state index contributed by atoms with van der Waals surface area (Å²) in [6.07, 6.45) is 4.41. The van der Waals surface area contributed by atoms with Gasteiger partial charge in [-0.15, -0.1) is 0 Å². The first-order valence-electron chi connectivity index (χ1n) is 9.09. The molecule has 1 heterocycles. The van der Waals surface area contributed by atoms with Crippen molar-refractivity contribution >= 4 is 11.8 Å². The lowest BCUT2D eigenvalue weighted by atomic mass is 9.82. The molecular formula is C20H27NO3. The average Bonchev–Trinajstić information content (AvgIpc) is 2.82. The third-order valence-electron chi connectivity index (χ3n) is 5.09. The molecule has 0 spiro atoms. The summed E-state index contributed by atoms with van der Waals surface area (Å²) in [6, 6.07) is 7.13. The Morgan fingerprint density at radius 3 is 2.08 bits per heavy atom. The van der Waals surface area contributed by atoms with Crippen molar-refractivity contribution in [2.24, 2.45) is 17.8 Å². The number of ether oxygens (including phenoxy) is 1. The number of nitrogens with zero attached hydrogens (tertiary/aromatic N) is 1. The van der Waals surface area contributed by atoms with Crippen LogP contribution in [-0.2, 0) is 4.74 Å². The van der Waals surface area contributed by atoms with Crippen molar-refractivity contribution in [2.45, 2.75) is 39.5 Å². The maximum Gasteiger partial charge on any atom is 0.261 e. The highest BCUT2D eigenvalue weighted by atomic mass is 16.5. The Labute approximate surface area is 144 Å². The van der Waals surface area contributed by atoms with Crippen LogP contribution in [-0.4, -0.2) is 36.5 Å². The van der Waals surface area contributed by atoms with E-state index in [1.54, 1.807) is 12.1 Å². The molecule has 0 unspecified atom stereocenters. The lowest BCUT2D eigenvalue weighted by Gasteiger charge is -2.30. The van der Waals surface area contributed by atoms with Gasteiger partial charge in [0.05, 0.1) is 11.1 Å². The molecule has 1 aliphatic carbocycles. The molecule has 24 heavy (non-hydrogen) atoms. The van der Waals surface area contributed by atoms with Crippen LogP contribution in [0.3, 0.4) is 0 Å². The minimum absolute atomic E-state index is 0.127. The van der Waals surface area contributed by atoms with E-state index in [1.165, 1.54) is 4.90 Å². The van der Waals surface area contributed by atoms with E-state index in [4.69, 9.17) is 4.74 Å². The Kier molecular flexibility index (Phi) is 5.34. The summed E-state index contributed by atoms with van der Waals surface area (Å²) < 4.78 is 5.76. The van der Waals surface area contributed by atoms with Gasteiger partial charge in [-0.3, -0.25) is 14.5 Å². The summed E-state index contributed by atoms with van der Waals surface area (Å²) in [5.41, 5.74) is 1.11. The van der Waals surface area contributed by atoms with Crippen molar-refractivity contribution < 1.29 is 14.3 Å². The first kappa shape index (κ1) is 17.2. The number of carbonyl (C=O) groups is 2. The molecule has 0 atom stereocenters. The van der Waals surface area contributed by atoms with E-state index in [-0.39, 0.29) is 11.8 Å². The fourth-order valence-electron chi connectivity index (χ4n) is 3.71. The molecular weight excluding hydrogens is 302 g/mol. The molecule has 1 aromatic rings. The summed E-state index contributed by atoms with van der Waals surface area (Å²) >= 11 is 0. The number of hydrogen-bond donors (Lipinski definition) is 0. The lowest BCUT2D eigenvalue weighted by Crippen LogP contribution is -2.36. The second kappa shape index (κ2) is 7.47. The summed E-state index contributed by atoms with van der Waals surface area (Å²) in [6.45, 7) is 6.57. The van der Waals surface area contributed by atoms with Gasteiger partial charge in [0.2, 0.25) is 0 Å². The minimum atomic E-state index is -0.127. The summed E-state index contributed by atoms with van der Waals surface area (Å²) in [5, 5.41) is 0. The number of imide groups is 1. The largest absolute Gasteiger partial charge is 0.381 e. The Hall–Kier alpha value is -1.68. The Morgan fingerprint density at radius 2 is 1.54 bits per heavy atom. The molecule has 1 aliphatic heterocycles. The molecule has 1 fully saturated rings. The number of hydrogen-bond acceptors (Lipinski definition) is 3.